The zero-order valence-electron chi connectivity index (χ0n) is 14.9. The van der Waals surface area contributed by atoms with Gasteiger partial charge in [-0.25, -0.2) is 4.79 Å². The van der Waals surface area contributed by atoms with Crippen LogP contribution in [-0.2, 0) is 21.5 Å². The van der Waals surface area contributed by atoms with E-state index in [1.807, 2.05) is 11.4 Å². The minimum atomic E-state index is -0.964. The first-order chi connectivity index (χ1) is 12.6. The largest absolute Gasteiger partial charge is 0.354 e. The summed E-state index contributed by atoms with van der Waals surface area (Å²) in [4.78, 5) is 40.1. The van der Waals surface area contributed by atoms with Crippen molar-refractivity contribution in [2.24, 2.45) is 5.92 Å². The molecular formula is C19H25N3O3S. The predicted octanol–water partition coefficient (Wildman–Crippen LogP) is 2.53. The van der Waals surface area contributed by atoms with E-state index in [9.17, 15) is 14.4 Å². The van der Waals surface area contributed by atoms with Crippen LogP contribution < -0.4 is 10.6 Å². The molecule has 2 fully saturated rings. The molecule has 140 valence electrons. The lowest BCUT2D eigenvalue weighted by Gasteiger charge is -2.31. The molecular weight excluding hydrogens is 350 g/mol. The van der Waals surface area contributed by atoms with E-state index in [0.29, 0.717) is 18.9 Å². The van der Waals surface area contributed by atoms with Crippen molar-refractivity contribution in [1.82, 2.24) is 15.5 Å². The van der Waals surface area contributed by atoms with Crippen LogP contribution in [0.25, 0.3) is 0 Å². The summed E-state index contributed by atoms with van der Waals surface area (Å²) in [5, 5.41) is 7.77. The maximum Gasteiger partial charge on any atom is 0.325 e. The average molecular weight is 375 g/mol. The Morgan fingerprint density at radius 3 is 2.88 bits per heavy atom. The van der Waals surface area contributed by atoms with Gasteiger partial charge in [0.1, 0.15) is 12.1 Å². The highest BCUT2D eigenvalue weighted by Gasteiger charge is 2.54. The van der Waals surface area contributed by atoms with Crippen LogP contribution in [0.2, 0.25) is 0 Å². The van der Waals surface area contributed by atoms with Gasteiger partial charge in [-0.1, -0.05) is 19.3 Å². The monoisotopic (exact) mass is 375 g/mol. The van der Waals surface area contributed by atoms with Crippen LogP contribution in [0, 0.1) is 5.92 Å². The summed E-state index contributed by atoms with van der Waals surface area (Å²) in [5.41, 5.74) is -0.0499. The molecule has 0 radical (unpaired) electrons. The number of aryl methyl sites for hydroxylation is 1. The van der Waals surface area contributed by atoms with E-state index in [-0.39, 0.29) is 18.4 Å². The van der Waals surface area contributed by atoms with Gasteiger partial charge in [0, 0.05) is 17.0 Å². The van der Waals surface area contributed by atoms with Crippen molar-refractivity contribution in [3.63, 3.8) is 0 Å². The molecule has 0 bridgehead atoms. The van der Waals surface area contributed by atoms with Crippen molar-refractivity contribution >= 4 is 29.2 Å². The van der Waals surface area contributed by atoms with Gasteiger partial charge in [0.15, 0.2) is 0 Å². The first-order valence-corrected chi connectivity index (χ1v) is 10.5. The predicted molar refractivity (Wildman–Crippen MR) is 98.8 cm³/mol. The smallest absolute Gasteiger partial charge is 0.325 e. The number of carbonyl (C=O) groups excluding carboxylic acids is 3. The molecule has 4 rings (SSSR count). The number of carbonyl (C=O) groups is 3. The van der Waals surface area contributed by atoms with Gasteiger partial charge in [0.2, 0.25) is 5.91 Å². The number of hydrogen-bond donors (Lipinski definition) is 2. The topological polar surface area (TPSA) is 78.5 Å². The molecule has 4 amide bonds. The molecule has 3 aliphatic rings. The van der Waals surface area contributed by atoms with E-state index < -0.39 is 11.6 Å². The van der Waals surface area contributed by atoms with Gasteiger partial charge in [-0.2, -0.15) is 0 Å². The number of thiophene rings is 1. The lowest BCUT2D eigenvalue weighted by atomic mass is 9.80. The third kappa shape index (κ3) is 3.02. The van der Waals surface area contributed by atoms with Gasteiger partial charge in [-0.15, -0.1) is 11.3 Å². The Morgan fingerprint density at radius 2 is 2.08 bits per heavy atom. The van der Waals surface area contributed by atoms with E-state index in [1.54, 1.807) is 11.3 Å². The number of hydrogen-bond acceptors (Lipinski definition) is 4. The Hall–Kier alpha value is -1.89. The molecule has 1 saturated heterocycles. The average Bonchev–Trinajstić information content (AvgIpc) is 3.22. The van der Waals surface area contributed by atoms with Crippen LogP contribution in [-0.4, -0.2) is 35.8 Å². The summed E-state index contributed by atoms with van der Waals surface area (Å²) < 4.78 is 0. The minimum absolute atomic E-state index is 0.196. The second-order valence-corrected chi connectivity index (χ2v) is 8.65. The highest BCUT2D eigenvalue weighted by atomic mass is 32.1. The number of urea groups is 1. The van der Waals surface area contributed by atoms with Crippen molar-refractivity contribution in [1.29, 1.82) is 0 Å². The Balaban J connectivity index is 1.41. The third-order valence-electron chi connectivity index (χ3n) is 5.95. The van der Waals surface area contributed by atoms with Crippen molar-refractivity contribution in [2.45, 2.75) is 56.9 Å². The fourth-order valence-electron chi connectivity index (χ4n) is 4.53. The minimum Gasteiger partial charge on any atom is -0.354 e. The van der Waals surface area contributed by atoms with Crippen molar-refractivity contribution in [3.8, 4) is 0 Å². The van der Waals surface area contributed by atoms with Gasteiger partial charge in [0.05, 0.1) is 0 Å². The molecule has 0 aromatic carbocycles. The van der Waals surface area contributed by atoms with E-state index in [1.165, 1.54) is 19.3 Å². The SMILES string of the molecule is O=C(CN1C(=O)N[C@@]2(CCCc3sccc32)C1=O)NCC1CCCCC1. The molecule has 2 aliphatic carbocycles. The molecule has 2 heterocycles. The quantitative estimate of drug-likeness (QED) is 0.794. The lowest BCUT2D eigenvalue weighted by molar-refractivity contribution is -0.135. The fraction of sp³-hybridized carbons (Fsp3) is 0.632. The molecule has 1 aliphatic heterocycles. The molecule has 7 heteroatoms. The summed E-state index contributed by atoms with van der Waals surface area (Å²) in [6, 6.07) is 1.48. The first-order valence-electron chi connectivity index (χ1n) is 9.58. The zero-order chi connectivity index (χ0) is 18.1. The van der Waals surface area contributed by atoms with Crippen LogP contribution in [0.3, 0.4) is 0 Å². The summed E-state index contributed by atoms with van der Waals surface area (Å²) >= 11 is 1.63. The molecule has 1 saturated carbocycles. The lowest BCUT2D eigenvalue weighted by Crippen LogP contribution is -2.47. The van der Waals surface area contributed by atoms with Gasteiger partial charge in [-0.05, 0) is 49.5 Å². The Bertz CT molecular complexity index is 725. The van der Waals surface area contributed by atoms with Gasteiger partial charge >= 0.3 is 6.03 Å². The Morgan fingerprint density at radius 1 is 1.27 bits per heavy atom. The van der Waals surface area contributed by atoms with Crippen molar-refractivity contribution in [3.05, 3.63) is 21.9 Å². The van der Waals surface area contributed by atoms with Gasteiger partial charge in [-0.3, -0.25) is 14.5 Å². The molecule has 1 aromatic heterocycles. The second kappa shape index (κ2) is 7.02. The maximum atomic E-state index is 13.1. The van der Waals surface area contributed by atoms with Crippen LogP contribution in [0.1, 0.15) is 55.4 Å². The fourth-order valence-corrected chi connectivity index (χ4v) is 5.53. The number of nitrogens with one attached hydrogen (secondary N) is 2. The summed E-state index contributed by atoms with van der Waals surface area (Å²) in [7, 11) is 0. The van der Waals surface area contributed by atoms with Crippen molar-refractivity contribution < 1.29 is 14.4 Å². The summed E-state index contributed by atoms with van der Waals surface area (Å²) in [6.45, 7) is 0.445. The molecule has 1 atom stereocenters. The van der Waals surface area contributed by atoms with Crippen LogP contribution in [0.5, 0.6) is 0 Å². The summed E-state index contributed by atoms with van der Waals surface area (Å²) in [5.74, 6) is -0.0130. The number of imide groups is 1. The van der Waals surface area contributed by atoms with Gasteiger partial charge in [0.25, 0.3) is 5.91 Å². The van der Waals surface area contributed by atoms with Crippen molar-refractivity contribution in [2.75, 3.05) is 13.1 Å². The molecule has 2 N–H and O–H groups in total. The number of fused-ring (bicyclic) bond motifs is 2. The molecule has 0 unspecified atom stereocenters. The van der Waals surface area contributed by atoms with E-state index in [0.717, 1.165) is 41.0 Å². The van der Waals surface area contributed by atoms with Crippen LogP contribution >= 0.6 is 11.3 Å². The molecule has 26 heavy (non-hydrogen) atoms. The second-order valence-electron chi connectivity index (χ2n) is 7.65. The number of nitrogens with zero attached hydrogens (tertiary/aromatic N) is 1. The normalized spacial score (nSPS) is 26.1. The molecule has 1 spiro atoms. The van der Waals surface area contributed by atoms with E-state index in [2.05, 4.69) is 10.6 Å². The highest BCUT2D eigenvalue weighted by molar-refractivity contribution is 7.10. The molecule has 1 aromatic rings. The zero-order valence-corrected chi connectivity index (χ0v) is 15.7. The Labute approximate surface area is 157 Å². The first kappa shape index (κ1) is 17.5. The van der Waals surface area contributed by atoms with Gasteiger partial charge < -0.3 is 10.6 Å². The Kier molecular flexibility index (Phi) is 4.73. The number of rotatable bonds is 4. The number of amides is 4. The maximum absolute atomic E-state index is 13.1. The third-order valence-corrected chi connectivity index (χ3v) is 6.93. The van der Waals surface area contributed by atoms with E-state index in [4.69, 9.17) is 0 Å². The van der Waals surface area contributed by atoms with E-state index >= 15 is 0 Å². The van der Waals surface area contributed by atoms with Crippen LogP contribution in [0.4, 0.5) is 4.79 Å². The van der Waals surface area contributed by atoms with Crippen LogP contribution in [0.15, 0.2) is 11.4 Å². The highest BCUT2D eigenvalue weighted by Crippen LogP contribution is 2.42. The molecule has 6 nitrogen and oxygen atoms in total. The summed E-state index contributed by atoms with van der Waals surface area (Å²) in [6.07, 6.45) is 8.42. The standard InChI is InChI=1S/C19H25N3O3S/c23-16(20-11-13-5-2-1-3-6-13)12-22-17(24)19(21-18(22)25)9-4-7-15-14(19)8-10-26-15/h8,10,13H,1-7,9,11-12H2,(H,20,23)(H,21,25)/t19-/m1/s1.